The van der Waals surface area contributed by atoms with Crippen LogP contribution in [0.15, 0.2) is 32.9 Å². The van der Waals surface area contributed by atoms with Gasteiger partial charge in [-0.1, -0.05) is 11.8 Å². The molecule has 9 nitrogen and oxygen atoms in total. The zero-order valence-corrected chi connectivity index (χ0v) is 15.5. The molecule has 0 aliphatic carbocycles. The second kappa shape index (κ2) is 6.62. The molecule has 3 aromatic rings. The van der Waals surface area contributed by atoms with E-state index in [-0.39, 0.29) is 22.7 Å². The van der Waals surface area contributed by atoms with E-state index in [4.69, 9.17) is 9.47 Å². The van der Waals surface area contributed by atoms with Crippen LogP contribution in [0, 0.1) is 0 Å². The number of nitrogens with one attached hydrogen (secondary N) is 1. The van der Waals surface area contributed by atoms with Gasteiger partial charge in [0, 0.05) is 19.7 Å². The Bertz CT molecular complexity index is 1180. The van der Waals surface area contributed by atoms with Crippen LogP contribution in [-0.4, -0.2) is 43.9 Å². The molecule has 0 bridgehead atoms. The lowest BCUT2D eigenvalue weighted by Crippen LogP contribution is -2.36. The monoisotopic (exact) mass is 388 g/mol. The summed E-state index contributed by atoms with van der Waals surface area (Å²) in [5, 5.41) is 0.397. The van der Waals surface area contributed by atoms with Crippen LogP contribution in [0.3, 0.4) is 0 Å². The highest BCUT2D eigenvalue weighted by Crippen LogP contribution is 2.31. The molecule has 1 aliphatic rings. The second-order valence-electron chi connectivity index (χ2n) is 6.02. The number of hydrogen-bond acceptors (Lipinski definition) is 7. The summed E-state index contributed by atoms with van der Waals surface area (Å²) in [6.07, 6.45) is 0. The topological polar surface area (TPSA) is 108 Å². The van der Waals surface area contributed by atoms with Gasteiger partial charge in [-0.2, -0.15) is 0 Å². The van der Waals surface area contributed by atoms with Gasteiger partial charge < -0.3 is 14.5 Å². The summed E-state index contributed by atoms with van der Waals surface area (Å²) < 4.78 is 13.2. The molecule has 0 amide bonds. The molecule has 3 heterocycles. The van der Waals surface area contributed by atoms with Crippen LogP contribution in [0.2, 0.25) is 0 Å². The first-order chi connectivity index (χ1) is 13.0. The van der Waals surface area contributed by atoms with Crippen LogP contribution in [0.1, 0.15) is 10.4 Å². The third kappa shape index (κ3) is 3.01. The summed E-state index contributed by atoms with van der Waals surface area (Å²) in [5.74, 6) is 1.19. The van der Waals surface area contributed by atoms with E-state index in [2.05, 4.69) is 9.97 Å². The molecule has 0 saturated heterocycles. The minimum atomic E-state index is -0.456. The first-order valence-electron chi connectivity index (χ1n) is 8.17. The second-order valence-corrected chi connectivity index (χ2v) is 6.98. The number of benzene rings is 1. The van der Waals surface area contributed by atoms with E-state index in [0.29, 0.717) is 35.4 Å². The van der Waals surface area contributed by atoms with E-state index >= 15 is 0 Å². The summed E-state index contributed by atoms with van der Waals surface area (Å²) in [5.41, 5.74) is 0.0888. The first kappa shape index (κ1) is 17.4. The van der Waals surface area contributed by atoms with Crippen molar-refractivity contribution in [1.29, 1.82) is 0 Å². The van der Waals surface area contributed by atoms with Crippen LogP contribution in [0.25, 0.3) is 11.2 Å². The van der Waals surface area contributed by atoms with Crippen molar-refractivity contribution in [1.82, 2.24) is 19.1 Å². The number of imidazole rings is 1. The maximum absolute atomic E-state index is 12.5. The van der Waals surface area contributed by atoms with Crippen molar-refractivity contribution < 1.29 is 14.3 Å². The van der Waals surface area contributed by atoms with Gasteiger partial charge in [-0.25, -0.2) is 9.78 Å². The molecule has 0 fully saturated rings. The maximum atomic E-state index is 12.5. The fraction of sp³-hybridized carbons (Fsp3) is 0.294. The van der Waals surface area contributed by atoms with Crippen molar-refractivity contribution in [3.63, 3.8) is 0 Å². The number of rotatable bonds is 4. The van der Waals surface area contributed by atoms with Gasteiger partial charge in [0.1, 0.15) is 13.2 Å². The Morgan fingerprint density at radius 2 is 1.93 bits per heavy atom. The summed E-state index contributed by atoms with van der Waals surface area (Å²) in [4.78, 5) is 43.8. The molecule has 10 heteroatoms. The SMILES string of the molecule is Cn1c(=O)c2[nH]c(SCC(=O)c3ccc4c(c3)OCCO4)nc2n(C)c1=O. The van der Waals surface area contributed by atoms with Crippen LogP contribution < -0.4 is 20.7 Å². The van der Waals surface area contributed by atoms with Crippen molar-refractivity contribution >= 4 is 28.7 Å². The third-order valence-electron chi connectivity index (χ3n) is 4.28. The number of aromatic nitrogens is 4. The zero-order chi connectivity index (χ0) is 19.1. The van der Waals surface area contributed by atoms with Crippen molar-refractivity contribution in [2.24, 2.45) is 14.1 Å². The number of aryl methyl sites for hydroxylation is 1. The van der Waals surface area contributed by atoms with E-state index in [1.165, 1.54) is 11.6 Å². The summed E-state index contributed by atoms with van der Waals surface area (Å²) in [6.45, 7) is 0.941. The van der Waals surface area contributed by atoms with Gasteiger partial charge in [-0.05, 0) is 18.2 Å². The average Bonchev–Trinajstić information content (AvgIpc) is 3.13. The van der Waals surface area contributed by atoms with E-state index in [9.17, 15) is 14.4 Å². The predicted octanol–water partition coefficient (Wildman–Crippen LogP) is 0.706. The lowest BCUT2D eigenvalue weighted by molar-refractivity contribution is 0.102. The number of nitrogens with zero attached hydrogens (tertiary/aromatic N) is 3. The Morgan fingerprint density at radius 1 is 1.19 bits per heavy atom. The Labute approximate surface area is 156 Å². The number of hydrogen-bond donors (Lipinski definition) is 1. The number of Topliss-reactive ketones (excluding diaryl/α,β-unsaturated/α-hetero) is 1. The Balaban J connectivity index is 1.56. The first-order valence-corrected chi connectivity index (χ1v) is 9.15. The fourth-order valence-electron chi connectivity index (χ4n) is 2.81. The van der Waals surface area contributed by atoms with E-state index < -0.39 is 11.2 Å². The molecule has 0 unspecified atom stereocenters. The largest absolute Gasteiger partial charge is 0.486 e. The van der Waals surface area contributed by atoms with Gasteiger partial charge in [0.05, 0.1) is 5.75 Å². The molecule has 0 radical (unpaired) electrons. The number of H-pyrrole nitrogens is 1. The number of fused-ring (bicyclic) bond motifs is 2. The minimum Gasteiger partial charge on any atom is -0.486 e. The minimum absolute atomic E-state index is 0.112. The Kier molecular flexibility index (Phi) is 4.27. The van der Waals surface area contributed by atoms with Crippen molar-refractivity contribution in [2.45, 2.75) is 5.16 Å². The Morgan fingerprint density at radius 3 is 2.70 bits per heavy atom. The number of ether oxygens (including phenoxy) is 2. The van der Waals surface area contributed by atoms with Gasteiger partial charge in [0.15, 0.2) is 33.6 Å². The molecular weight excluding hydrogens is 372 g/mol. The van der Waals surface area contributed by atoms with Gasteiger partial charge >= 0.3 is 5.69 Å². The highest BCUT2D eigenvalue weighted by Gasteiger charge is 2.17. The maximum Gasteiger partial charge on any atom is 0.332 e. The van der Waals surface area contributed by atoms with E-state index in [1.807, 2.05) is 0 Å². The summed E-state index contributed by atoms with van der Waals surface area (Å²) in [6, 6.07) is 5.07. The van der Waals surface area contributed by atoms with Crippen LogP contribution in [-0.2, 0) is 14.1 Å². The smallest absolute Gasteiger partial charge is 0.332 e. The molecule has 1 aliphatic heterocycles. The van der Waals surface area contributed by atoms with Gasteiger partial charge in [0.25, 0.3) is 5.56 Å². The van der Waals surface area contributed by atoms with Crippen molar-refractivity contribution in [3.8, 4) is 11.5 Å². The summed E-state index contributed by atoms with van der Waals surface area (Å²) in [7, 11) is 2.95. The van der Waals surface area contributed by atoms with E-state index in [0.717, 1.165) is 16.3 Å². The molecule has 140 valence electrons. The number of carbonyl (C=O) groups is 1. The van der Waals surface area contributed by atoms with Crippen LogP contribution in [0.4, 0.5) is 0 Å². The summed E-state index contributed by atoms with van der Waals surface area (Å²) >= 11 is 1.16. The zero-order valence-electron chi connectivity index (χ0n) is 14.6. The number of aromatic amines is 1. The number of carbonyl (C=O) groups excluding carboxylic acids is 1. The molecule has 4 rings (SSSR count). The quantitative estimate of drug-likeness (QED) is 0.518. The standard InChI is InChI=1S/C17H16N4O5S/c1-20-14-13(15(23)21(2)17(20)24)18-16(19-14)27-8-10(22)9-3-4-11-12(7-9)26-6-5-25-11/h3-4,7H,5-6,8H2,1-2H3,(H,18,19). The molecule has 0 spiro atoms. The lowest BCUT2D eigenvalue weighted by Gasteiger charge is -2.18. The highest BCUT2D eigenvalue weighted by molar-refractivity contribution is 7.99. The number of thioether (sulfide) groups is 1. The highest BCUT2D eigenvalue weighted by atomic mass is 32.2. The fourth-order valence-corrected chi connectivity index (χ4v) is 3.57. The van der Waals surface area contributed by atoms with Crippen LogP contribution in [0.5, 0.6) is 11.5 Å². The average molecular weight is 388 g/mol. The molecule has 1 N–H and O–H groups in total. The molecule has 1 aromatic carbocycles. The normalized spacial score (nSPS) is 13.1. The van der Waals surface area contributed by atoms with Gasteiger partial charge in [0.2, 0.25) is 0 Å². The van der Waals surface area contributed by atoms with E-state index in [1.54, 1.807) is 25.2 Å². The lowest BCUT2D eigenvalue weighted by atomic mass is 10.1. The molecule has 2 aromatic heterocycles. The molecule has 0 saturated carbocycles. The molecule has 27 heavy (non-hydrogen) atoms. The molecule has 0 atom stereocenters. The Hall–Kier alpha value is -3.01. The van der Waals surface area contributed by atoms with Crippen molar-refractivity contribution in [2.75, 3.05) is 19.0 Å². The predicted molar refractivity (Wildman–Crippen MR) is 99.1 cm³/mol. The number of ketones is 1. The molecular formula is C17H16N4O5S. The van der Waals surface area contributed by atoms with Crippen molar-refractivity contribution in [3.05, 3.63) is 44.6 Å². The van der Waals surface area contributed by atoms with Gasteiger partial charge in [-0.15, -0.1) is 0 Å². The third-order valence-corrected chi connectivity index (χ3v) is 5.15. The van der Waals surface area contributed by atoms with Crippen LogP contribution >= 0.6 is 11.8 Å². The van der Waals surface area contributed by atoms with Gasteiger partial charge in [-0.3, -0.25) is 18.7 Å².